The third-order valence-electron chi connectivity index (χ3n) is 8.32. The predicted octanol–water partition coefficient (Wildman–Crippen LogP) is 4.17. The molecule has 3 N–H and O–H groups in total. The number of sulfone groups is 1. The number of esters is 1. The second kappa shape index (κ2) is 13.1. The van der Waals surface area contributed by atoms with E-state index in [4.69, 9.17) is 10.5 Å². The van der Waals surface area contributed by atoms with E-state index in [9.17, 15) is 18.0 Å². The number of nitrogens with zero attached hydrogens (tertiary/aromatic N) is 1. The van der Waals surface area contributed by atoms with E-state index in [0.29, 0.717) is 12.8 Å². The van der Waals surface area contributed by atoms with Crippen molar-refractivity contribution in [3.63, 3.8) is 0 Å². The van der Waals surface area contributed by atoms with Gasteiger partial charge >= 0.3 is 5.97 Å². The van der Waals surface area contributed by atoms with Gasteiger partial charge in [0.2, 0.25) is 5.91 Å². The van der Waals surface area contributed by atoms with Gasteiger partial charge in [0.15, 0.2) is 9.84 Å². The van der Waals surface area contributed by atoms with Gasteiger partial charge in [0.1, 0.15) is 11.1 Å². The normalized spacial score (nSPS) is 20.7. The average Bonchev–Trinajstić information content (AvgIpc) is 2.88. The Balaban J connectivity index is 1.54. The summed E-state index contributed by atoms with van der Waals surface area (Å²) in [7, 11) is -3.27. The van der Waals surface area contributed by atoms with Gasteiger partial charge < -0.3 is 20.7 Å². The molecule has 1 saturated heterocycles. The van der Waals surface area contributed by atoms with Crippen LogP contribution in [0.5, 0.6) is 0 Å². The van der Waals surface area contributed by atoms with Gasteiger partial charge in [-0.05, 0) is 82.9 Å². The minimum Gasteiger partial charge on any atom is -0.459 e. The fraction of sp³-hybridized carbons (Fsp3) is 0.733. The van der Waals surface area contributed by atoms with Crippen molar-refractivity contribution in [1.29, 1.82) is 0 Å². The maximum atomic E-state index is 13.3. The number of carbonyl (C=O) groups is 2. The first-order valence-electron chi connectivity index (χ1n) is 14.6. The Kier molecular flexibility index (Phi) is 10.6. The Hall–Kier alpha value is -1.97. The number of hydrogen-bond acceptors (Lipinski definition) is 7. The molecule has 0 radical (unpaired) electrons. The molecule has 2 unspecified atom stereocenters. The second-order valence-electron chi connectivity index (χ2n) is 12.6. The number of rotatable bonds is 10. The standard InChI is InChI=1S/C30H49N3O5S/c1-6-26(22-12-14-25(15-13-22)39(5,36)37)27(34)32-24-16-19-33(20-17-24)21-18-30(31,23-10-8-7-9-11-23)28(35)38-29(2,3)4/h12-15,23-24,26H,6-11,16-21,31H2,1-5H3,(H,32,34). The van der Waals surface area contributed by atoms with Crippen LogP contribution in [0.25, 0.3) is 0 Å². The summed E-state index contributed by atoms with van der Waals surface area (Å²) in [5, 5.41) is 3.22. The van der Waals surface area contributed by atoms with E-state index < -0.39 is 21.0 Å². The van der Waals surface area contributed by atoms with Crippen molar-refractivity contribution in [2.24, 2.45) is 11.7 Å². The topological polar surface area (TPSA) is 119 Å². The van der Waals surface area contributed by atoms with Crippen LogP contribution in [0.2, 0.25) is 0 Å². The SMILES string of the molecule is CCC(C(=O)NC1CCN(CCC(N)(C(=O)OC(C)(C)C)C2CCCCC2)CC1)c1ccc(S(C)(=O)=O)cc1. The Labute approximate surface area is 235 Å². The molecule has 2 aliphatic rings. The molecule has 1 amide bonds. The molecule has 220 valence electrons. The van der Waals surface area contributed by atoms with Gasteiger partial charge in [-0.15, -0.1) is 0 Å². The van der Waals surface area contributed by atoms with E-state index in [1.54, 1.807) is 24.3 Å². The van der Waals surface area contributed by atoms with Gasteiger partial charge in [-0.2, -0.15) is 0 Å². The third-order valence-corrected chi connectivity index (χ3v) is 9.45. The van der Waals surface area contributed by atoms with Crippen molar-refractivity contribution in [1.82, 2.24) is 10.2 Å². The molecule has 0 aromatic heterocycles. The summed E-state index contributed by atoms with van der Waals surface area (Å²) >= 11 is 0. The van der Waals surface area contributed by atoms with Crippen molar-refractivity contribution < 1.29 is 22.7 Å². The van der Waals surface area contributed by atoms with Gasteiger partial charge in [0, 0.05) is 31.9 Å². The molecule has 39 heavy (non-hydrogen) atoms. The largest absolute Gasteiger partial charge is 0.459 e. The predicted molar refractivity (Wildman–Crippen MR) is 154 cm³/mol. The fourth-order valence-corrected chi connectivity index (χ4v) is 6.56. The van der Waals surface area contributed by atoms with Gasteiger partial charge in [0.05, 0.1) is 10.8 Å². The van der Waals surface area contributed by atoms with E-state index in [-0.39, 0.29) is 34.6 Å². The van der Waals surface area contributed by atoms with Crippen LogP contribution >= 0.6 is 0 Å². The smallest absolute Gasteiger partial charge is 0.326 e. The molecule has 1 aromatic rings. The molecule has 9 heteroatoms. The molecule has 0 spiro atoms. The first kappa shape index (κ1) is 31.6. The number of piperidine rings is 1. The monoisotopic (exact) mass is 563 g/mol. The number of hydrogen-bond donors (Lipinski definition) is 2. The van der Waals surface area contributed by atoms with Gasteiger partial charge in [-0.25, -0.2) is 8.42 Å². The Morgan fingerprint density at radius 2 is 1.64 bits per heavy atom. The number of benzene rings is 1. The Bertz CT molecular complexity index is 1070. The second-order valence-corrected chi connectivity index (χ2v) is 14.6. The van der Waals surface area contributed by atoms with Crippen LogP contribution in [-0.2, 0) is 24.2 Å². The summed E-state index contributed by atoms with van der Waals surface area (Å²) in [6.45, 7) is 10.0. The molecule has 0 bridgehead atoms. The third kappa shape index (κ3) is 8.76. The van der Waals surface area contributed by atoms with Crippen molar-refractivity contribution in [2.45, 2.75) is 113 Å². The lowest BCUT2D eigenvalue weighted by Gasteiger charge is -2.41. The summed E-state index contributed by atoms with van der Waals surface area (Å²) in [6, 6.07) is 6.71. The highest BCUT2D eigenvalue weighted by atomic mass is 32.2. The van der Waals surface area contributed by atoms with Crippen LogP contribution < -0.4 is 11.1 Å². The molecule has 1 aliphatic heterocycles. The summed E-state index contributed by atoms with van der Waals surface area (Å²) in [5.41, 5.74) is 6.16. The van der Waals surface area contributed by atoms with Crippen molar-refractivity contribution in [2.75, 3.05) is 25.9 Å². The van der Waals surface area contributed by atoms with Crippen molar-refractivity contribution in [3.05, 3.63) is 29.8 Å². The number of ether oxygens (including phenoxy) is 1. The summed E-state index contributed by atoms with van der Waals surface area (Å²) in [5.74, 6) is -0.472. The first-order valence-corrected chi connectivity index (χ1v) is 16.5. The molecule has 1 aliphatic carbocycles. The van der Waals surface area contributed by atoms with Gasteiger partial charge in [-0.3, -0.25) is 9.59 Å². The van der Waals surface area contributed by atoms with Crippen LogP contribution in [0.1, 0.15) is 97.0 Å². The summed E-state index contributed by atoms with van der Waals surface area (Å²) in [6.07, 6.45) is 9.42. The lowest BCUT2D eigenvalue weighted by Crippen LogP contribution is -2.58. The lowest BCUT2D eigenvalue weighted by molar-refractivity contribution is -0.165. The fourth-order valence-electron chi connectivity index (χ4n) is 5.93. The summed E-state index contributed by atoms with van der Waals surface area (Å²) < 4.78 is 29.3. The molecule has 1 heterocycles. The minimum atomic E-state index is -3.27. The first-order chi connectivity index (χ1) is 18.2. The lowest BCUT2D eigenvalue weighted by atomic mass is 9.73. The van der Waals surface area contributed by atoms with Gasteiger partial charge in [-0.1, -0.05) is 38.3 Å². The van der Waals surface area contributed by atoms with Gasteiger partial charge in [0.25, 0.3) is 0 Å². The zero-order valence-corrected chi connectivity index (χ0v) is 25.3. The number of likely N-dealkylation sites (tertiary alicyclic amines) is 1. The number of nitrogens with two attached hydrogens (primary N) is 1. The van der Waals surface area contributed by atoms with Crippen molar-refractivity contribution >= 4 is 21.7 Å². The molecule has 8 nitrogen and oxygen atoms in total. The number of nitrogens with one attached hydrogen (secondary N) is 1. The molecular weight excluding hydrogens is 514 g/mol. The zero-order valence-electron chi connectivity index (χ0n) is 24.5. The van der Waals surface area contributed by atoms with Crippen LogP contribution in [0.15, 0.2) is 29.2 Å². The highest BCUT2D eigenvalue weighted by Gasteiger charge is 2.45. The van der Waals surface area contributed by atoms with Crippen LogP contribution in [-0.4, -0.2) is 68.3 Å². The van der Waals surface area contributed by atoms with Crippen LogP contribution in [0.3, 0.4) is 0 Å². The molecular formula is C30H49N3O5S. The Morgan fingerprint density at radius 3 is 2.15 bits per heavy atom. The van der Waals surface area contributed by atoms with E-state index in [1.165, 1.54) is 12.7 Å². The average molecular weight is 564 g/mol. The quantitative estimate of drug-likeness (QED) is 0.410. The number of carbonyl (C=O) groups excluding carboxylic acids is 2. The molecule has 2 fully saturated rings. The molecule has 3 rings (SSSR count). The van der Waals surface area contributed by atoms with E-state index in [2.05, 4.69) is 10.2 Å². The van der Waals surface area contributed by atoms with E-state index in [0.717, 1.165) is 63.7 Å². The number of amides is 1. The Morgan fingerprint density at radius 1 is 1.05 bits per heavy atom. The zero-order chi connectivity index (χ0) is 28.8. The molecule has 2 atom stereocenters. The van der Waals surface area contributed by atoms with Crippen molar-refractivity contribution in [3.8, 4) is 0 Å². The van der Waals surface area contributed by atoms with Crippen LogP contribution in [0.4, 0.5) is 0 Å². The minimum absolute atomic E-state index is 0.0220. The van der Waals surface area contributed by atoms with E-state index >= 15 is 0 Å². The summed E-state index contributed by atoms with van der Waals surface area (Å²) in [4.78, 5) is 29.0. The highest BCUT2D eigenvalue weighted by Crippen LogP contribution is 2.35. The van der Waals surface area contributed by atoms with Crippen LogP contribution in [0, 0.1) is 5.92 Å². The maximum absolute atomic E-state index is 13.3. The van der Waals surface area contributed by atoms with E-state index in [1.807, 2.05) is 27.7 Å². The molecule has 1 saturated carbocycles. The highest BCUT2D eigenvalue weighted by molar-refractivity contribution is 7.90. The maximum Gasteiger partial charge on any atom is 0.326 e. The molecule has 1 aromatic carbocycles.